The van der Waals surface area contributed by atoms with E-state index in [1.807, 2.05) is 0 Å². The summed E-state index contributed by atoms with van der Waals surface area (Å²) in [5, 5.41) is 3.02. The fourth-order valence-electron chi connectivity index (χ4n) is 3.35. The van der Waals surface area contributed by atoms with Crippen molar-refractivity contribution < 1.29 is 13.6 Å². The summed E-state index contributed by atoms with van der Waals surface area (Å²) in [5.41, 5.74) is 0.676. The Labute approximate surface area is 136 Å². The molecule has 0 spiro atoms. The molecule has 126 valence electrons. The Kier molecular flexibility index (Phi) is 5.26. The highest BCUT2D eigenvalue weighted by atomic mass is 19.1. The van der Waals surface area contributed by atoms with Gasteiger partial charge in [-0.05, 0) is 62.3 Å². The second kappa shape index (κ2) is 7.39. The lowest BCUT2D eigenvalue weighted by Crippen LogP contribution is -2.35. The Hall–Kier alpha value is -1.49. The van der Waals surface area contributed by atoms with E-state index in [2.05, 4.69) is 10.2 Å². The quantitative estimate of drug-likeness (QED) is 0.872. The maximum atomic E-state index is 13.3. The minimum absolute atomic E-state index is 0.164. The van der Waals surface area contributed by atoms with Gasteiger partial charge >= 0.3 is 0 Å². The second-order valence-corrected chi connectivity index (χ2v) is 6.90. The van der Waals surface area contributed by atoms with Crippen LogP contribution in [0.5, 0.6) is 0 Å². The van der Waals surface area contributed by atoms with Crippen molar-refractivity contribution in [2.75, 3.05) is 13.1 Å². The van der Waals surface area contributed by atoms with Crippen LogP contribution in [0.3, 0.4) is 0 Å². The van der Waals surface area contributed by atoms with E-state index in [1.54, 1.807) is 0 Å². The molecule has 1 aliphatic carbocycles. The van der Waals surface area contributed by atoms with Gasteiger partial charge in [0.2, 0.25) is 5.91 Å². The van der Waals surface area contributed by atoms with E-state index in [-0.39, 0.29) is 5.91 Å². The molecule has 1 aromatic carbocycles. The summed E-state index contributed by atoms with van der Waals surface area (Å²) in [6, 6.07) is 4.13. The molecule has 3 nitrogen and oxygen atoms in total. The van der Waals surface area contributed by atoms with Crippen molar-refractivity contribution in [3.05, 3.63) is 35.4 Å². The van der Waals surface area contributed by atoms with E-state index in [1.165, 1.54) is 12.1 Å². The normalized spacial score (nSPS) is 22.1. The fraction of sp³-hybridized carbons (Fsp3) is 0.611. The van der Waals surface area contributed by atoms with Gasteiger partial charge in [0.05, 0.1) is 0 Å². The fourth-order valence-corrected chi connectivity index (χ4v) is 3.35. The number of nitrogens with one attached hydrogen (secondary N) is 1. The lowest BCUT2D eigenvalue weighted by molar-refractivity contribution is -0.121. The largest absolute Gasteiger partial charge is 0.353 e. The van der Waals surface area contributed by atoms with Crippen molar-refractivity contribution in [3.63, 3.8) is 0 Å². The van der Waals surface area contributed by atoms with Crippen LogP contribution in [0.4, 0.5) is 8.78 Å². The Bertz CT molecular complexity index is 540. The lowest BCUT2D eigenvalue weighted by atomic mass is 9.93. The van der Waals surface area contributed by atoms with Crippen molar-refractivity contribution in [2.24, 2.45) is 5.92 Å². The van der Waals surface area contributed by atoms with Gasteiger partial charge in [-0.1, -0.05) is 0 Å². The first-order valence-electron chi connectivity index (χ1n) is 8.55. The summed E-state index contributed by atoms with van der Waals surface area (Å²) in [6.07, 6.45) is 5.92. The summed E-state index contributed by atoms with van der Waals surface area (Å²) in [5.74, 6) is -0.389. The van der Waals surface area contributed by atoms with Crippen LogP contribution < -0.4 is 5.32 Å². The molecule has 1 atom stereocenters. The monoisotopic (exact) mass is 322 g/mol. The van der Waals surface area contributed by atoms with Gasteiger partial charge in [0, 0.05) is 31.6 Å². The average molecular weight is 322 g/mol. The number of carbonyl (C=O) groups is 1. The molecule has 1 amide bonds. The second-order valence-electron chi connectivity index (χ2n) is 6.90. The molecule has 0 bridgehead atoms. The Morgan fingerprint density at radius 1 is 1.17 bits per heavy atom. The third-order valence-electron chi connectivity index (χ3n) is 4.65. The number of amides is 1. The number of rotatable bonds is 6. The number of benzene rings is 1. The first-order valence-corrected chi connectivity index (χ1v) is 8.55. The number of likely N-dealkylation sites (tertiary alicyclic amines) is 1. The van der Waals surface area contributed by atoms with Crippen LogP contribution in [-0.2, 0) is 11.3 Å². The van der Waals surface area contributed by atoms with Gasteiger partial charge in [0.25, 0.3) is 0 Å². The molecule has 0 radical (unpaired) electrons. The summed E-state index contributed by atoms with van der Waals surface area (Å²) in [7, 11) is 0. The molecule has 1 saturated carbocycles. The van der Waals surface area contributed by atoms with Crippen LogP contribution in [0.2, 0.25) is 0 Å². The van der Waals surface area contributed by atoms with Gasteiger partial charge in [-0.15, -0.1) is 0 Å². The van der Waals surface area contributed by atoms with Crippen LogP contribution in [-0.4, -0.2) is 29.9 Å². The Morgan fingerprint density at radius 3 is 2.61 bits per heavy atom. The number of carbonyl (C=O) groups excluding carboxylic acids is 1. The highest BCUT2D eigenvalue weighted by molar-refractivity contribution is 5.76. The summed E-state index contributed by atoms with van der Waals surface area (Å²) < 4.78 is 26.5. The van der Waals surface area contributed by atoms with Crippen molar-refractivity contribution >= 4 is 5.91 Å². The maximum Gasteiger partial charge on any atom is 0.220 e. The van der Waals surface area contributed by atoms with E-state index < -0.39 is 11.6 Å². The smallest absolute Gasteiger partial charge is 0.220 e. The zero-order chi connectivity index (χ0) is 16.2. The Balaban J connectivity index is 1.46. The van der Waals surface area contributed by atoms with Gasteiger partial charge in [0.1, 0.15) is 11.6 Å². The first-order chi connectivity index (χ1) is 11.1. The Morgan fingerprint density at radius 2 is 1.91 bits per heavy atom. The van der Waals surface area contributed by atoms with Crippen LogP contribution >= 0.6 is 0 Å². The minimum atomic E-state index is -0.523. The van der Waals surface area contributed by atoms with E-state index in [4.69, 9.17) is 0 Å². The van der Waals surface area contributed by atoms with Gasteiger partial charge in [-0.3, -0.25) is 9.69 Å². The SMILES string of the molecule is O=C(CC[C@@H]1CCCN(Cc2cc(F)cc(F)c2)C1)NC1CC1. The van der Waals surface area contributed by atoms with Crippen LogP contribution in [0.25, 0.3) is 0 Å². The molecule has 2 aliphatic rings. The predicted molar refractivity (Wildman–Crippen MR) is 84.8 cm³/mol. The molecule has 1 aliphatic heterocycles. The molecule has 0 unspecified atom stereocenters. The molecule has 2 fully saturated rings. The van der Waals surface area contributed by atoms with Crippen molar-refractivity contribution in [2.45, 2.75) is 51.1 Å². The van der Waals surface area contributed by atoms with Crippen molar-refractivity contribution in [1.82, 2.24) is 10.2 Å². The van der Waals surface area contributed by atoms with Gasteiger partial charge < -0.3 is 5.32 Å². The molecule has 1 saturated heterocycles. The zero-order valence-electron chi connectivity index (χ0n) is 13.4. The molecule has 23 heavy (non-hydrogen) atoms. The van der Waals surface area contributed by atoms with Crippen LogP contribution in [0, 0.1) is 17.6 Å². The standard InChI is InChI=1S/C18H24F2N2O/c19-15-8-14(9-16(20)10-15)12-22-7-1-2-13(11-22)3-6-18(23)21-17-4-5-17/h8-10,13,17H,1-7,11-12H2,(H,21,23)/t13-/m0/s1. The number of hydrogen-bond donors (Lipinski definition) is 1. The topological polar surface area (TPSA) is 32.3 Å². The predicted octanol–water partition coefficient (Wildman–Crippen LogP) is 3.24. The molecule has 1 aromatic rings. The van der Waals surface area contributed by atoms with E-state index in [0.29, 0.717) is 30.5 Å². The number of nitrogens with zero attached hydrogens (tertiary/aromatic N) is 1. The highest BCUT2D eigenvalue weighted by Crippen LogP contribution is 2.24. The van der Waals surface area contributed by atoms with E-state index >= 15 is 0 Å². The number of halogens is 2. The minimum Gasteiger partial charge on any atom is -0.353 e. The summed E-state index contributed by atoms with van der Waals surface area (Å²) >= 11 is 0. The van der Waals surface area contributed by atoms with E-state index in [0.717, 1.165) is 51.3 Å². The third-order valence-corrected chi connectivity index (χ3v) is 4.65. The molecule has 0 aromatic heterocycles. The van der Waals surface area contributed by atoms with Crippen LogP contribution in [0.15, 0.2) is 18.2 Å². The maximum absolute atomic E-state index is 13.3. The van der Waals surface area contributed by atoms with E-state index in [9.17, 15) is 13.6 Å². The highest BCUT2D eigenvalue weighted by Gasteiger charge is 2.25. The molecule has 1 N–H and O–H groups in total. The van der Waals surface area contributed by atoms with Gasteiger partial charge in [-0.25, -0.2) is 8.78 Å². The molecular weight excluding hydrogens is 298 g/mol. The van der Waals surface area contributed by atoms with Gasteiger partial charge in [0.15, 0.2) is 0 Å². The summed E-state index contributed by atoms with van der Waals surface area (Å²) in [4.78, 5) is 14.0. The molecule has 3 rings (SSSR count). The van der Waals surface area contributed by atoms with Crippen LogP contribution in [0.1, 0.15) is 44.1 Å². The first kappa shape index (κ1) is 16.4. The zero-order valence-corrected chi connectivity index (χ0v) is 13.4. The molecule has 1 heterocycles. The lowest BCUT2D eigenvalue weighted by Gasteiger charge is -2.32. The third kappa shape index (κ3) is 5.27. The molecular formula is C18H24F2N2O. The average Bonchev–Trinajstić information content (AvgIpc) is 3.28. The number of hydrogen-bond acceptors (Lipinski definition) is 2. The number of piperidine rings is 1. The van der Waals surface area contributed by atoms with Crippen molar-refractivity contribution in [1.29, 1.82) is 0 Å². The molecule has 5 heteroatoms. The van der Waals surface area contributed by atoms with Gasteiger partial charge in [-0.2, -0.15) is 0 Å². The van der Waals surface area contributed by atoms with Crippen molar-refractivity contribution in [3.8, 4) is 0 Å². The summed E-state index contributed by atoms with van der Waals surface area (Å²) in [6.45, 7) is 2.41.